The highest BCUT2D eigenvalue weighted by Crippen LogP contribution is 2.34. The number of rotatable bonds is 0. The second-order valence-corrected chi connectivity index (χ2v) is 3.71. The van der Waals surface area contributed by atoms with Gasteiger partial charge in [0.15, 0.2) is 5.79 Å². The van der Waals surface area contributed by atoms with Crippen molar-refractivity contribution < 1.29 is 14.6 Å². The summed E-state index contributed by atoms with van der Waals surface area (Å²) < 4.78 is 11.2. The summed E-state index contributed by atoms with van der Waals surface area (Å²) in [6.07, 6.45) is 4.42. The highest BCUT2D eigenvalue weighted by molar-refractivity contribution is 4.81. The van der Waals surface area contributed by atoms with Crippen molar-refractivity contribution in [1.82, 2.24) is 0 Å². The maximum atomic E-state index is 9.47. The van der Waals surface area contributed by atoms with E-state index in [-0.39, 0.29) is 6.10 Å². The minimum atomic E-state index is -0.421. The molecule has 0 unspecified atom stereocenters. The fourth-order valence-electron chi connectivity index (χ4n) is 2.00. The highest BCUT2D eigenvalue weighted by Gasteiger charge is 2.39. The number of ether oxygens (including phenoxy) is 2. The van der Waals surface area contributed by atoms with Crippen LogP contribution in [0, 0.1) is 0 Å². The first-order valence-corrected chi connectivity index (χ1v) is 4.77. The third-order valence-electron chi connectivity index (χ3n) is 2.68. The van der Waals surface area contributed by atoms with Crippen LogP contribution in [-0.2, 0) is 9.47 Å². The Morgan fingerprint density at radius 2 is 2.00 bits per heavy atom. The Balaban J connectivity index is 1.97. The maximum Gasteiger partial charge on any atom is 0.170 e. The molecule has 2 saturated heterocycles. The van der Waals surface area contributed by atoms with E-state index in [1.165, 1.54) is 0 Å². The van der Waals surface area contributed by atoms with Gasteiger partial charge in [-0.3, -0.25) is 0 Å². The van der Waals surface area contributed by atoms with Gasteiger partial charge in [-0.05, 0) is 19.3 Å². The Bertz CT molecular complexity index is 146. The molecule has 0 aromatic carbocycles. The zero-order chi connectivity index (χ0) is 8.44. The molecule has 0 aromatic rings. The van der Waals surface area contributed by atoms with Gasteiger partial charge in [0.1, 0.15) is 0 Å². The first kappa shape index (κ1) is 8.48. The van der Waals surface area contributed by atoms with E-state index < -0.39 is 5.79 Å². The van der Waals surface area contributed by atoms with Crippen molar-refractivity contribution in [3.8, 4) is 0 Å². The molecule has 0 saturated carbocycles. The molecule has 2 rings (SSSR count). The number of aliphatic hydroxyl groups is 1. The van der Waals surface area contributed by atoms with Crippen LogP contribution in [0.25, 0.3) is 0 Å². The summed E-state index contributed by atoms with van der Waals surface area (Å²) in [5.74, 6) is -0.421. The Labute approximate surface area is 72.7 Å². The molecule has 12 heavy (non-hydrogen) atoms. The number of hydrogen-bond donors (Lipinski definition) is 1. The molecule has 1 N–H and O–H groups in total. The van der Waals surface area contributed by atoms with Crippen molar-refractivity contribution in [3.05, 3.63) is 0 Å². The van der Waals surface area contributed by atoms with Gasteiger partial charge in [-0.25, -0.2) is 0 Å². The lowest BCUT2D eigenvalue weighted by Gasteiger charge is -2.41. The summed E-state index contributed by atoms with van der Waals surface area (Å²) in [5.41, 5.74) is 0. The second-order valence-electron chi connectivity index (χ2n) is 3.71. The van der Waals surface area contributed by atoms with Crippen LogP contribution in [0.5, 0.6) is 0 Å². The van der Waals surface area contributed by atoms with Gasteiger partial charge in [-0.2, -0.15) is 0 Å². The van der Waals surface area contributed by atoms with Crippen LogP contribution in [0.15, 0.2) is 0 Å². The normalized spacial score (nSPS) is 43.2. The molecule has 2 fully saturated rings. The third-order valence-corrected chi connectivity index (χ3v) is 2.68. The summed E-state index contributed by atoms with van der Waals surface area (Å²) >= 11 is 0. The van der Waals surface area contributed by atoms with Crippen LogP contribution in [-0.4, -0.2) is 30.2 Å². The van der Waals surface area contributed by atoms with Crippen LogP contribution in [0.1, 0.15) is 32.1 Å². The van der Waals surface area contributed by atoms with Crippen molar-refractivity contribution in [3.63, 3.8) is 0 Å². The topological polar surface area (TPSA) is 38.7 Å². The quantitative estimate of drug-likeness (QED) is 0.593. The van der Waals surface area contributed by atoms with Crippen molar-refractivity contribution in [1.29, 1.82) is 0 Å². The molecule has 0 bridgehead atoms. The first-order valence-electron chi connectivity index (χ1n) is 4.77. The molecular formula is C9H16O3. The zero-order valence-corrected chi connectivity index (χ0v) is 7.29. The van der Waals surface area contributed by atoms with Gasteiger partial charge in [0.05, 0.1) is 19.3 Å². The van der Waals surface area contributed by atoms with Gasteiger partial charge >= 0.3 is 0 Å². The van der Waals surface area contributed by atoms with E-state index in [9.17, 15) is 5.11 Å². The molecule has 2 heterocycles. The fraction of sp³-hybridized carbons (Fsp3) is 1.00. The lowest BCUT2D eigenvalue weighted by Crippen LogP contribution is -2.46. The minimum absolute atomic E-state index is 0.225. The van der Waals surface area contributed by atoms with E-state index >= 15 is 0 Å². The van der Waals surface area contributed by atoms with E-state index in [1.807, 2.05) is 0 Å². The van der Waals surface area contributed by atoms with E-state index in [4.69, 9.17) is 9.47 Å². The van der Waals surface area contributed by atoms with Gasteiger partial charge in [0.2, 0.25) is 0 Å². The van der Waals surface area contributed by atoms with Crippen LogP contribution in [0.4, 0.5) is 0 Å². The molecule has 0 aliphatic carbocycles. The lowest BCUT2D eigenvalue weighted by molar-refractivity contribution is -0.286. The molecule has 0 amide bonds. The third kappa shape index (κ3) is 1.63. The number of hydrogen-bond acceptors (Lipinski definition) is 3. The molecule has 3 nitrogen and oxygen atoms in total. The van der Waals surface area contributed by atoms with Crippen molar-refractivity contribution in [2.45, 2.75) is 44.0 Å². The van der Waals surface area contributed by atoms with Crippen LogP contribution in [0.3, 0.4) is 0 Å². The second kappa shape index (κ2) is 3.32. The largest absolute Gasteiger partial charge is 0.393 e. The van der Waals surface area contributed by atoms with Crippen LogP contribution in [0.2, 0.25) is 0 Å². The molecule has 70 valence electrons. The van der Waals surface area contributed by atoms with Gasteiger partial charge in [-0.15, -0.1) is 0 Å². The molecule has 3 heteroatoms. The fourth-order valence-corrected chi connectivity index (χ4v) is 2.00. The molecule has 0 radical (unpaired) electrons. The average Bonchev–Trinajstić information content (AvgIpc) is 2.05. The van der Waals surface area contributed by atoms with Crippen molar-refractivity contribution in [2.24, 2.45) is 0 Å². The predicted molar refractivity (Wildman–Crippen MR) is 43.7 cm³/mol. The SMILES string of the molecule is O[C@H]1CCO[C@]2(CCCCO2)C1. The summed E-state index contributed by atoms with van der Waals surface area (Å²) in [7, 11) is 0. The van der Waals surface area contributed by atoms with Gasteiger partial charge in [0, 0.05) is 12.8 Å². The Morgan fingerprint density at radius 3 is 2.67 bits per heavy atom. The molecular weight excluding hydrogens is 156 g/mol. The van der Waals surface area contributed by atoms with Gasteiger partial charge < -0.3 is 14.6 Å². The molecule has 1 spiro atoms. The van der Waals surface area contributed by atoms with E-state index in [1.54, 1.807) is 0 Å². The number of aliphatic hydroxyl groups excluding tert-OH is 1. The van der Waals surface area contributed by atoms with Crippen LogP contribution < -0.4 is 0 Å². The summed E-state index contributed by atoms with van der Waals surface area (Å²) in [6, 6.07) is 0. The Kier molecular flexibility index (Phi) is 2.35. The standard InChI is InChI=1S/C9H16O3/c10-8-3-6-12-9(7-8)4-1-2-5-11-9/h8,10H,1-7H2/t8-,9+/m0/s1. The van der Waals surface area contributed by atoms with E-state index in [2.05, 4.69) is 0 Å². The average molecular weight is 172 g/mol. The highest BCUT2D eigenvalue weighted by atomic mass is 16.7. The zero-order valence-electron chi connectivity index (χ0n) is 7.29. The van der Waals surface area contributed by atoms with E-state index in [0.29, 0.717) is 13.0 Å². The van der Waals surface area contributed by atoms with Crippen molar-refractivity contribution >= 4 is 0 Å². The smallest absolute Gasteiger partial charge is 0.170 e. The molecule has 0 aromatic heterocycles. The van der Waals surface area contributed by atoms with E-state index in [0.717, 1.165) is 32.3 Å². The monoisotopic (exact) mass is 172 g/mol. The summed E-state index contributed by atoms with van der Waals surface area (Å²) in [4.78, 5) is 0. The summed E-state index contributed by atoms with van der Waals surface area (Å²) in [5, 5.41) is 9.47. The van der Waals surface area contributed by atoms with Gasteiger partial charge in [-0.1, -0.05) is 0 Å². The van der Waals surface area contributed by atoms with Gasteiger partial charge in [0.25, 0.3) is 0 Å². The minimum Gasteiger partial charge on any atom is -0.393 e. The molecule has 2 atom stereocenters. The predicted octanol–water partition coefficient (Wildman–Crippen LogP) is 1.05. The van der Waals surface area contributed by atoms with Crippen molar-refractivity contribution in [2.75, 3.05) is 13.2 Å². The first-order chi connectivity index (χ1) is 5.81. The Hall–Kier alpha value is -0.120. The summed E-state index contributed by atoms with van der Waals surface area (Å²) in [6.45, 7) is 1.42. The van der Waals surface area contributed by atoms with Crippen LogP contribution >= 0.6 is 0 Å². The lowest BCUT2D eigenvalue weighted by atomic mass is 9.96. The molecule has 2 aliphatic rings. The maximum absolute atomic E-state index is 9.47. The Morgan fingerprint density at radius 1 is 1.17 bits per heavy atom. The molecule has 2 aliphatic heterocycles.